The third kappa shape index (κ3) is 4.05. The van der Waals surface area contributed by atoms with Crippen LogP contribution in [0.2, 0.25) is 0 Å². The maximum absolute atomic E-state index is 12.7. The highest BCUT2D eigenvalue weighted by atomic mass is 35.5. The normalized spacial score (nSPS) is 14.5. The van der Waals surface area contributed by atoms with Crippen LogP contribution in [0, 0.1) is 6.92 Å². The first-order valence-electron chi connectivity index (χ1n) is 9.00. The van der Waals surface area contributed by atoms with Crippen LogP contribution >= 0.6 is 12.4 Å². The second-order valence-electron chi connectivity index (χ2n) is 6.74. The Bertz CT molecular complexity index is 947. The summed E-state index contributed by atoms with van der Waals surface area (Å²) in [7, 11) is 1.80. The number of aryl methyl sites for hydroxylation is 2. The van der Waals surface area contributed by atoms with E-state index in [2.05, 4.69) is 30.8 Å². The Labute approximate surface area is 169 Å². The number of amides is 1. The Morgan fingerprint density at radius 3 is 2.75 bits per heavy atom. The molecule has 2 N–H and O–H groups in total. The number of hydrogen-bond donors (Lipinski definition) is 2. The molecule has 3 aromatic rings. The number of hydrogen-bond acceptors (Lipinski definition) is 6. The zero-order valence-electron chi connectivity index (χ0n) is 15.8. The van der Waals surface area contributed by atoms with Gasteiger partial charge in [0.1, 0.15) is 12.7 Å². The fraction of sp³-hybridized carbons (Fsp3) is 0.389. The molecule has 0 saturated carbocycles. The van der Waals surface area contributed by atoms with Crippen LogP contribution in [0.1, 0.15) is 40.5 Å². The number of rotatable bonds is 4. The smallest absolute Gasteiger partial charge is 0.258 e. The molecule has 2 aromatic heterocycles. The van der Waals surface area contributed by atoms with Crippen LogP contribution in [-0.4, -0.2) is 48.5 Å². The quantitative estimate of drug-likeness (QED) is 0.690. The van der Waals surface area contributed by atoms with E-state index in [-0.39, 0.29) is 18.3 Å². The molecule has 1 aliphatic rings. The molecule has 0 unspecified atom stereocenters. The molecular weight excluding hydrogens is 380 g/mol. The van der Waals surface area contributed by atoms with Crippen molar-refractivity contribution >= 4 is 24.3 Å². The number of nitrogens with zero attached hydrogens (tertiary/aromatic N) is 6. The van der Waals surface area contributed by atoms with Gasteiger partial charge in [0.2, 0.25) is 5.95 Å². The van der Waals surface area contributed by atoms with Crippen LogP contribution in [0.3, 0.4) is 0 Å². The van der Waals surface area contributed by atoms with E-state index in [0.717, 1.165) is 43.0 Å². The summed E-state index contributed by atoms with van der Waals surface area (Å²) in [4.78, 5) is 21.2. The molecule has 148 valence electrons. The van der Waals surface area contributed by atoms with E-state index >= 15 is 0 Å². The molecule has 10 heteroatoms. The molecular formula is C18H23ClN8O. The average molecular weight is 403 g/mol. The predicted molar refractivity (Wildman–Crippen MR) is 107 cm³/mol. The van der Waals surface area contributed by atoms with Crippen molar-refractivity contribution in [3.8, 4) is 5.69 Å². The van der Waals surface area contributed by atoms with E-state index in [4.69, 9.17) is 0 Å². The van der Waals surface area contributed by atoms with Gasteiger partial charge in [-0.05, 0) is 56.6 Å². The van der Waals surface area contributed by atoms with E-state index in [0.29, 0.717) is 17.4 Å². The molecule has 1 fully saturated rings. The van der Waals surface area contributed by atoms with Gasteiger partial charge in [0.25, 0.3) is 5.91 Å². The Morgan fingerprint density at radius 2 is 2.07 bits per heavy atom. The zero-order chi connectivity index (χ0) is 18.8. The van der Waals surface area contributed by atoms with E-state index < -0.39 is 0 Å². The Hall–Kier alpha value is -2.78. The molecule has 1 aliphatic heterocycles. The van der Waals surface area contributed by atoms with Gasteiger partial charge in [0.15, 0.2) is 5.82 Å². The van der Waals surface area contributed by atoms with Crippen LogP contribution in [0.15, 0.2) is 30.9 Å². The fourth-order valence-electron chi connectivity index (χ4n) is 3.33. The number of benzene rings is 1. The highest BCUT2D eigenvalue weighted by molar-refractivity contribution is 6.03. The Kier molecular flexibility index (Phi) is 6.05. The molecule has 4 rings (SSSR count). The van der Waals surface area contributed by atoms with Gasteiger partial charge in [0, 0.05) is 18.5 Å². The third-order valence-electron chi connectivity index (χ3n) is 4.83. The number of anilines is 1. The van der Waals surface area contributed by atoms with Crippen molar-refractivity contribution in [2.45, 2.75) is 25.7 Å². The summed E-state index contributed by atoms with van der Waals surface area (Å²) in [5.74, 6) is 1.39. The lowest BCUT2D eigenvalue weighted by Crippen LogP contribution is -2.27. The molecule has 1 amide bonds. The third-order valence-corrected chi connectivity index (χ3v) is 4.83. The lowest BCUT2D eigenvalue weighted by atomic mass is 9.98. The fourth-order valence-corrected chi connectivity index (χ4v) is 3.33. The van der Waals surface area contributed by atoms with Gasteiger partial charge in [-0.3, -0.25) is 10.1 Å². The topological polar surface area (TPSA) is 103 Å². The monoisotopic (exact) mass is 402 g/mol. The predicted octanol–water partition coefficient (Wildman–Crippen LogP) is 1.85. The van der Waals surface area contributed by atoms with Crippen molar-refractivity contribution in [3.63, 3.8) is 0 Å². The second kappa shape index (κ2) is 8.49. The molecule has 1 saturated heterocycles. The molecule has 0 aliphatic carbocycles. The Morgan fingerprint density at radius 1 is 1.29 bits per heavy atom. The molecule has 3 heterocycles. The van der Waals surface area contributed by atoms with Crippen molar-refractivity contribution in [3.05, 3.63) is 47.8 Å². The van der Waals surface area contributed by atoms with Crippen molar-refractivity contribution < 1.29 is 4.79 Å². The number of carbonyl (C=O) groups excluding carboxylic acids is 1. The molecule has 28 heavy (non-hydrogen) atoms. The summed E-state index contributed by atoms with van der Waals surface area (Å²) in [5.41, 5.74) is 2.38. The Balaban J connectivity index is 0.00000225. The van der Waals surface area contributed by atoms with Gasteiger partial charge >= 0.3 is 0 Å². The van der Waals surface area contributed by atoms with Gasteiger partial charge in [-0.15, -0.1) is 12.4 Å². The molecule has 9 nitrogen and oxygen atoms in total. The van der Waals surface area contributed by atoms with Gasteiger partial charge in [-0.2, -0.15) is 15.2 Å². The minimum atomic E-state index is -0.212. The largest absolute Gasteiger partial charge is 0.317 e. The number of piperidine rings is 1. The summed E-state index contributed by atoms with van der Waals surface area (Å²) < 4.78 is 3.30. The first kappa shape index (κ1) is 20.0. The van der Waals surface area contributed by atoms with Crippen LogP contribution < -0.4 is 10.6 Å². The van der Waals surface area contributed by atoms with Gasteiger partial charge in [-0.25, -0.2) is 14.3 Å². The summed E-state index contributed by atoms with van der Waals surface area (Å²) >= 11 is 0. The first-order chi connectivity index (χ1) is 13.1. The summed E-state index contributed by atoms with van der Waals surface area (Å²) in [6, 6.07) is 5.45. The molecule has 0 bridgehead atoms. The molecule has 0 spiro atoms. The summed E-state index contributed by atoms with van der Waals surface area (Å²) in [6.45, 7) is 3.88. The number of aromatic nitrogens is 6. The second-order valence-corrected chi connectivity index (χ2v) is 6.74. The van der Waals surface area contributed by atoms with Crippen LogP contribution in [0.5, 0.6) is 0 Å². The molecule has 0 radical (unpaired) electrons. The standard InChI is InChI=1S/C18H22N8O.ClH/c1-12-9-14(3-4-15(12)26-11-20-10-21-26)17(27)23-18-22-16(24-25(18)2)13-5-7-19-8-6-13;/h3-4,9-11,13,19H,5-8H2,1-2H3,(H,22,23,24,27);1H. The lowest BCUT2D eigenvalue weighted by molar-refractivity contribution is 0.102. The van der Waals surface area contributed by atoms with E-state index in [9.17, 15) is 4.79 Å². The number of nitrogens with one attached hydrogen (secondary N) is 2. The minimum absolute atomic E-state index is 0. The van der Waals surface area contributed by atoms with Crippen LogP contribution in [-0.2, 0) is 7.05 Å². The number of carbonyl (C=O) groups is 1. The van der Waals surface area contributed by atoms with Crippen molar-refractivity contribution in [1.82, 2.24) is 34.8 Å². The minimum Gasteiger partial charge on any atom is -0.317 e. The lowest BCUT2D eigenvalue weighted by Gasteiger charge is -2.19. The highest BCUT2D eigenvalue weighted by Gasteiger charge is 2.21. The van der Waals surface area contributed by atoms with Crippen LogP contribution in [0.25, 0.3) is 5.69 Å². The maximum atomic E-state index is 12.7. The van der Waals surface area contributed by atoms with Crippen molar-refractivity contribution in [2.24, 2.45) is 7.05 Å². The maximum Gasteiger partial charge on any atom is 0.258 e. The van der Waals surface area contributed by atoms with Crippen molar-refractivity contribution in [1.29, 1.82) is 0 Å². The first-order valence-corrected chi connectivity index (χ1v) is 9.00. The average Bonchev–Trinajstić information content (AvgIpc) is 3.33. The SMILES string of the molecule is Cc1cc(C(=O)Nc2nc(C3CCNCC3)nn2C)ccc1-n1cncn1.Cl. The van der Waals surface area contributed by atoms with Gasteiger partial charge in [-0.1, -0.05) is 0 Å². The van der Waals surface area contributed by atoms with E-state index in [1.54, 1.807) is 28.8 Å². The van der Waals surface area contributed by atoms with Crippen molar-refractivity contribution in [2.75, 3.05) is 18.4 Å². The van der Waals surface area contributed by atoms with E-state index in [1.165, 1.54) is 6.33 Å². The molecule has 1 aromatic carbocycles. The van der Waals surface area contributed by atoms with E-state index in [1.807, 2.05) is 19.1 Å². The van der Waals surface area contributed by atoms with Gasteiger partial charge in [0.05, 0.1) is 5.69 Å². The summed E-state index contributed by atoms with van der Waals surface area (Å²) in [6.07, 6.45) is 5.14. The van der Waals surface area contributed by atoms with Gasteiger partial charge < -0.3 is 5.32 Å². The summed E-state index contributed by atoms with van der Waals surface area (Å²) in [5, 5.41) is 14.8. The zero-order valence-corrected chi connectivity index (χ0v) is 16.6. The van der Waals surface area contributed by atoms with Crippen LogP contribution in [0.4, 0.5) is 5.95 Å². The molecule has 0 atom stereocenters. The highest BCUT2D eigenvalue weighted by Crippen LogP contribution is 2.23. The number of halogens is 1.